The maximum Gasteiger partial charge on any atom is 0.145 e. The number of aliphatic hydroxyl groups excluding tert-OH is 2. The molecule has 0 radical (unpaired) electrons. The van der Waals surface area contributed by atoms with Gasteiger partial charge in [-0.05, 0) is 0 Å². The Kier molecular flexibility index (Phi) is 9.16. The van der Waals surface area contributed by atoms with Crippen LogP contribution >= 0.6 is 0 Å². The first-order valence-electron chi connectivity index (χ1n) is 3.43. The van der Waals surface area contributed by atoms with Crippen LogP contribution in [0.25, 0.3) is 0 Å². The number of carbonyl (C=O) groups excluding carboxylic acids is 1. The van der Waals surface area contributed by atoms with Crippen molar-refractivity contribution in [2.45, 2.75) is 0 Å². The van der Waals surface area contributed by atoms with Crippen LogP contribution in [0.2, 0.25) is 0 Å². The van der Waals surface area contributed by atoms with E-state index < -0.39 is 0 Å². The van der Waals surface area contributed by atoms with E-state index in [9.17, 15) is 0 Å². The average Bonchev–Trinajstić information content (AvgIpc) is 1.86. The summed E-state index contributed by atoms with van der Waals surface area (Å²) in [7, 11) is 6.16. The molecular formula is C7H18NO3+. The number of aldehydes is 1. The second-order valence-corrected chi connectivity index (χ2v) is 3.09. The Morgan fingerprint density at radius 1 is 1.27 bits per heavy atom. The van der Waals surface area contributed by atoms with Gasteiger partial charge >= 0.3 is 0 Å². The first-order valence-corrected chi connectivity index (χ1v) is 3.43. The lowest BCUT2D eigenvalue weighted by Gasteiger charge is -2.21. The third kappa shape index (κ3) is 26.3. The number of quaternary nitrogens is 1. The lowest BCUT2D eigenvalue weighted by molar-refractivity contribution is -0.870. The first kappa shape index (κ1) is 13.2. The number of carbonyl (C=O) groups is 1. The smallest absolute Gasteiger partial charge is 0.145 e. The van der Waals surface area contributed by atoms with Crippen molar-refractivity contribution in [1.29, 1.82) is 0 Å². The molecule has 4 nitrogen and oxygen atoms in total. The van der Waals surface area contributed by atoms with Gasteiger partial charge in [-0.25, -0.2) is 0 Å². The zero-order valence-electron chi connectivity index (χ0n) is 7.45. The maximum atomic E-state index is 8.92. The van der Waals surface area contributed by atoms with Crippen LogP contribution in [0.5, 0.6) is 0 Å². The van der Waals surface area contributed by atoms with Gasteiger partial charge in [-0.15, -0.1) is 0 Å². The molecule has 0 fully saturated rings. The summed E-state index contributed by atoms with van der Waals surface area (Å²) in [6, 6.07) is 0. The van der Waals surface area contributed by atoms with Gasteiger partial charge in [0, 0.05) is 0 Å². The zero-order valence-corrected chi connectivity index (χ0v) is 7.45. The highest BCUT2D eigenvalue weighted by Crippen LogP contribution is 1.84. The van der Waals surface area contributed by atoms with Crippen LogP contribution in [0.1, 0.15) is 0 Å². The molecule has 11 heavy (non-hydrogen) atoms. The molecule has 0 atom stereocenters. The molecule has 0 saturated carbocycles. The van der Waals surface area contributed by atoms with Crippen molar-refractivity contribution < 1.29 is 19.5 Å². The molecule has 0 saturated heterocycles. The summed E-state index contributed by atoms with van der Waals surface area (Å²) in [6.45, 7) is 0.753. The van der Waals surface area contributed by atoms with E-state index in [-0.39, 0.29) is 13.2 Å². The predicted octanol–water partition coefficient (Wildman–Crippen LogP) is -1.14. The van der Waals surface area contributed by atoms with Crippen LogP contribution in [0.15, 0.2) is 0 Å². The Morgan fingerprint density at radius 2 is 1.64 bits per heavy atom. The van der Waals surface area contributed by atoms with Crippen LogP contribution in [-0.2, 0) is 4.79 Å². The summed E-state index contributed by atoms with van der Waals surface area (Å²) >= 11 is 0. The highest BCUT2D eigenvalue weighted by molar-refractivity contribution is 5.49. The number of hydrogen-bond acceptors (Lipinski definition) is 3. The minimum atomic E-state index is -0.361. The van der Waals surface area contributed by atoms with E-state index in [4.69, 9.17) is 15.0 Å². The molecule has 4 heteroatoms. The fourth-order valence-corrected chi connectivity index (χ4v) is 0.300. The van der Waals surface area contributed by atoms with Gasteiger partial charge in [0.15, 0.2) is 0 Å². The van der Waals surface area contributed by atoms with Gasteiger partial charge in [-0.3, -0.25) is 0 Å². The SMILES string of the molecule is C[N+](C)(C)CCO.O=CCO. The van der Waals surface area contributed by atoms with Crippen molar-refractivity contribution in [2.75, 3.05) is 40.9 Å². The summed E-state index contributed by atoms with van der Waals surface area (Å²) in [5.74, 6) is 0. The molecule has 0 spiro atoms. The lowest BCUT2D eigenvalue weighted by Crippen LogP contribution is -2.36. The monoisotopic (exact) mass is 164 g/mol. The highest BCUT2D eigenvalue weighted by Gasteiger charge is 2.02. The summed E-state index contributed by atoms with van der Waals surface area (Å²) in [5, 5.41) is 15.9. The van der Waals surface area contributed by atoms with E-state index in [2.05, 4.69) is 21.1 Å². The van der Waals surface area contributed by atoms with Crippen LogP contribution in [0.3, 0.4) is 0 Å². The molecule has 0 aromatic carbocycles. The molecule has 0 aliphatic heterocycles. The quantitative estimate of drug-likeness (QED) is 0.409. The number of aliphatic hydroxyl groups is 2. The summed E-state index contributed by atoms with van der Waals surface area (Å²) in [4.78, 5) is 8.92. The van der Waals surface area contributed by atoms with Gasteiger partial charge in [-0.1, -0.05) is 0 Å². The van der Waals surface area contributed by atoms with Gasteiger partial charge in [0.25, 0.3) is 0 Å². The highest BCUT2D eigenvalue weighted by atomic mass is 16.3. The summed E-state index contributed by atoms with van der Waals surface area (Å²) in [5.41, 5.74) is 0. The van der Waals surface area contributed by atoms with Crippen LogP contribution in [0.4, 0.5) is 0 Å². The molecule has 0 rings (SSSR count). The third-order valence-corrected chi connectivity index (χ3v) is 0.845. The molecule has 68 valence electrons. The van der Waals surface area contributed by atoms with Crippen molar-refractivity contribution in [3.63, 3.8) is 0 Å². The first-order chi connectivity index (χ1) is 4.97. The summed E-state index contributed by atoms with van der Waals surface area (Å²) < 4.78 is 0.844. The molecule has 2 N–H and O–H groups in total. The Balaban J connectivity index is 0. The van der Waals surface area contributed by atoms with Crippen molar-refractivity contribution in [2.24, 2.45) is 0 Å². The molecule has 0 aromatic heterocycles. The van der Waals surface area contributed by atoms with Gasteiger partial charge < -0.3 is 19.5 Å². The Morgan fingerprint density at radius 3 is 1.64 bits per heavy atom. The lowest BCUT2D eigenvalue weighted by atomic mass is 10.5. The molecule has 0 aliphatic carbocycles. The molecule has 0 bridgehead atoms. The van der Waals surface area contributed by atoms with Crippen molar-refractivity contribution in [3.8, 4) is 0 Å². The van der Waals surface area contributed by atoms with E-state index in [1.54, 1.807) is 0 Å². The number of likely N-dealkylation sites (N-methyl/N-ethyl adjacent to an activating group) is 1. The molecule has 0 aliphatic rings. The van der Waals surface area contributed by atoms with E-state index in [0.29, 0.717) is 6.29 Å². The van der Waals surface area contributed by atoms with E-state index in [0.717, 1.165) is 11.0 Å². The van der Waals surface area contributed by atoms with Crippen molar-refractivity contribution >= 4 is 6.29 Å². The van der Waals surface area contributed by atoms with Crippen LogP contribution in [-0.4, -0.2) is 61.9 Å². The van der Waals surface area contributed by atoms with Crippen LogP contribution < -0.4 is 0 Å². The topological polar surface area (TPSA) is 57.5 Å². The van der Waals surface area contributed by atoms with Gasteiger partial charge in [-0.2, -0.15) is 0 Å². The molecule has 0 amide bonds. The van der Waals surface area contributed by atoms with Gasteiger partial charge in [0.05, 0.1) is 34.4 Å². The Bertz CT molecular complexity index is 88.2. The van der Waals surface area contributed by atoms with Gasteiger partial charge in [0.1, 0.15) is 12.8 Å². The Hall–Kier alpha value is -0.450. The second-order valence-electron chi connectivity index (χ2n) is 3.09. The maximum absolute atomic E-state index is 8.92. The molecule has 0 unspecified atom stereocenters. The number of hydrogen-bond donors (Lipinski definition) is 2. The normalized spacial score (nSPS) is 9.91. The molecule has 0 heterocycles. The standard InChI is InChI=1S/C5H14NO.C2H4O2/c1-6(2,3)4-5-7;3-1-2-4/h7H,4-5H2,1-3H3;1,4H,2H2/q+1;. The van der Waals surface area contributed by atoms with Crippen molar-refractivity contribution in [3.05, 3.63) is 0 Å². The Labute approximate surface area is 67.7 Å². The summed E-state index contributed by atoms with van der Waals surface area (Å²) in [6.07, 6.45) is 0.431. The van der Waals surface area contributed by atoms with E-state index >= 15 is 0 Å². The fraction of sp³-hybridized carbons (Fsp3) is 0.857. The zero-order chi connectivity index (χ0) is 9.33. The average molecular weight is 164 g/mol. The minimum Gasteiger partial charge on any atom is -0.391 e. The minimum absolute atomic E-state index is 0.281. The second kappa shape index (κ2) is 7.65. The molecular weight excluding hydrogens is 146 g/mol. The van der Waals surface area contributed by atoms with E-state index in [1.807, 2.05) is 0 Å². The third-order valence-electron chi connectivity index (χ3n) is 0.845. The number of rotatable bonds is 3. The largest absolute Gasteiger partial charge is 0.391 e. The van der Waals surface area contributed by atoms with E-state index in [1.165, 1.54) is 0 Å². The molecule has 0 aromatic rings. The van der Waals surface area contributed by atoms with Crippen LogP contribution in [0, 0.1) is 0 Å². The fourth-order valence-electron chi connectivity index (χ4n) is 0.300. The van der Waals surface area contributed by atoms with Crippen molar-refractivity contribution in [1.82, 2.24) is 0 Å². The predicted molar refractivity (Wildman–Crippen MR) is 43.1 cm³/mol. The number of nitrogens with zero attached hydrogens (tertiary/aromatic N) is 1. The van der Waals surface area contributed by atoms with Gasteiger partial charge in [0.2, 0.25) is 0 Å².